The van der Waals surface area contributed by atoms with Gasteiger partial charge in [-0.2, -0.15) is 0 Å². The molecular formula is C40H54N4O2. The zero-order valence-electron chi connectivity index (χ0n) is 27.7. The van der Waals surface area contributed by atoms with E-state index in [-0.39, 0.29) is 23.9 Å². The van der Waals surface area contributed by atoms with Gasteiger partial charge >= 0.3 is 0 Å². The Hall–Kier alpha value is -2.70. The molecule has 2 amide bonds. The number of benzene rings is 2. The third-order valence-corrected chi connectivity index (χ3v) is 13.1. The van der Waals surface area contributed by atoms with Crippen LogP contribution in [0.15, 0.2) is 48.5 Å². The highest BCUT2D eigenvalue weighted by atomic mass is 16.2. The summed E-state index contributed by atoms with van der Waals surface area (Å²) in [6.45, 7) is 2.41. The molecule has 0 radical (unpaired) electrons. The van der Waals surface area contributed by atoms with Crippen LogP contribution in [0.4, 0.5) is 0 Å². The van der Waals surface area contributed by atoms with E-state index >= 15 is 0 Å². The Balaban J connectivity index is 0.685. The fourth-order valence-electron chi connectivity index (χ4n) is 10.6. The standard InChI is InChI=1S/C40H54N4O2/c45-39(41-29-13-9-27(10-14-29)23-25-43-35-17-18-36(43)32-6-2-1-5-31(32)35)21-22-40(46)42-30-15-11-28(12-16-30)24-26-44-37-19-20-38(44)34-8-4-3-7-33(34)37/h1-8,27-30,35-38H,9-26H2,(H,41,45)(H,42,46)/t27?,28?,29?,30?,35-,36+,37-,38+. The zero-order valence-corrected chi connectivity index (χ0v) is 27.7. The van der Waals surface area contributed by atoms with Crippen LogP contribution in [-0.4, -0.2) is 46.8 Å². The Bertz CT molecular complexity index is 1230. The van der Waals surface area contributed by atoms with Gasteiger partial charge in [-0.1, -0.05) is 48.5 Å². The highest BCUT2D eigenvalue weighted by Gasteiger charge is 2.44. The summed E-state index contributed by atoms with van der Waals surface area (Å²) in [6, 6.07) is 21.3. The van der Waals surface area contributed by atoms with Gasteiger partial charge < -0.3 is 10.6 Å². The van der Waals surface area contributed by atoms with Crippen molar-refractivity contribution in [3.63, 3.8) is 0 Å². The molecule has 246 valence electrons. The smallest absolute Gasteiger partial charge is 0.220 e. The predicted molar refractivity (Wildman–Crippen MR) is 182 cm³/mol. The lowest BCUT2D eigenvalue weighted by molar-refractivity contribution is -0.127. The minimum atomic E-state index is 0.0479. The summed E-state index contributed by atoms with van der Waals surface area (Å²) in [7, 11) is 0. The molecule has 4 atom stereocenters. The van der Waals surface area contributed by atoms with Crippen LogP contribution in [0.1, 0.15) is 149 Å². The Labute approximate surface area is 276 Å². The van der Waals surface area contributed by atoms with Crippen molar-refractivity contribution in [1.29, 1.82) is 0 Å². The molecule has 6 aliphatic rings. The van der Waals surface area contributed by atoms with Crippen LogP contribution in [0, 0.1) is 11.8 Å². The molecule has 2 aliphatic carbocycles. The number of fused-ring (bicyclic) bond motifs is 10. The quantitative estimate of drug-likeness (QED) is 0.270. The van der Waals surface area contributed by atoms with Gasteiger partial charge in [0.1, 0.15) is 0 Å². The number of carbonyl (C=O) groups excluding carboxylic acids is 2. The lowest BCUT2D eigenvalue weighted by Gasteiger charge is -2.31. The maximum Gasteiger partial charge on any atom is 0.220 e. The van der Waals surface area contributed by atoms with Gasteiger partial charge in [-0.05, 0) is 137 Å². The summed E-state index contributed by atoms with van der Waals surface area (Å²) < 4.78 is 0. The lowest BCUT2D eigenvalue weighted by atomic mass is 9.83. The van der Waals surface area contributed by atoms with Crippen LogP contribution in [0.25, 0.3) is 0 Å². The average Bonchev–Trinajstić information content (AvgIpc) is 3.85. The molecule has 0 unspecified atom stereocenters. The molecule has 0 spiro atoms. The number of hydrogen-bond acceptors (Lipinski definition) is 4. The van der Waals surface area contributed by atoms with Crippen LogP contribution < -0.4 is 10.6 Å². The fourth-order valence-corrected chi connectivity index (χ4v) is 10.6. The van der Waals surface area contributed by atoms with E-state index in [0.717, 1.165) is 37.5 Å². The number of carbonyl (C=O) groups is 2. The first-order valence-electron chi connectivity index (χ1n) is 18.9. The molecule has 2 N–H and O–H groups in total. The van der Waals surface area contributed by atoms with E-state index in [1.165, 1.54) is 77.3 Å². The fraction of sp³-hybridized carbons (Fsp3) is 0.650. The van der Waals surface area contributed by atoms with E-state index in [1.54, 1.807) is 22.3 Å². The van der Waals surface area contributed by atoms with Crippen molar-refractivity contribution in [3.05, 3.63) is 70.8 Å². The molecule has 4 heterocycles. The van der Waals surface area contributed by atoms with Gasteiger partial charge in [-0.25, -0.2) is 0 Å². The van der Waals surface area contributed by atoms with Crippen molar-refractivity contribution in [2.75, 3.05) is 13.1 Å². The van der Waals surface area contributed by atoms with E-state index in [1.807, 2.05) is 0 Å². The molecule has 4 bridgehead atoms. The van der Waals surface area contributed by atoms with Gasteiger partial charge in [0.25, 0.3) is 0 Å². The van der Waals surface area contributed by atoms with Crippen LogP contribution in [-0.2, 0) is 9.59 Å². The van der Waals surface area contributed by atoms with Gasteiger partial charge in [-0.15, -0.1) is 0 Å². The van der Waals surface area contributed by atoms with E-state index in [9.17, 15) is 9.59 Å². The van der Waals surface area contributed by atoms with Gasteiger partial charge in [0, 0.05) is 49.1 Å². The molecule has 6 nitrogen and oxygen atoms in total. The third-order valence-electron chi connectivity index (χ3n) is 13.1. The summed E-state index contributed by atoms with van der Waals surface area (Å²) in [5, 5.41) is 6.52. The number of amides is 2. The van der Waals surface area contributed by atoms with Gasteiger partial charge in [0.2, 0.25) is 11.8 Å². The van der Waals surface area contributed by atoms with E-state index in [4.69, 9.17) is 0 Å². The average molecular weight is 623 g/mol. The summed E-state index contributed by atoms with van der Waals surface area (Å²) in [4.78, 5) is 31.0. The van der Waals surface area contributed by atoms with E-state index < -0.39 is 0 Å². The molecule has 4 aliphatic heterocycles. The monoisotopic (exact) mass is 622 g/mol. The van der Waals surface area contributed by atoms with Crippen molar-refractivity contribution in [1.82, 2.24) is 20.4 Å². The highest BCUT2D eigenvalue weighted by Crippen LogP contribution is 2.54. The topological polar surface area (TPSA) is 64.7 Å². The van der Waals surface area contributed by atoms with Crippen molar-refractivity contribution in [2.24, 2.45) is 11.8 Å². The minimum absolute atomic E-state index is 0.0479. The molecular weight excluding hydrogens is 568 g/mol. The largest absolute Gasteiger partial charge is 0.353 e. The Kier molecular flexibility index (Phi) is 8.94. The second-order valence-electron chi connectivity index (χ2n) is 15.6. The zero-order chi connectivity index (χ0) is 31.0. The maximum atomic E-state index is 12.7. The normalized spacial score (nSPS) is 33.1. The first-order chi connectivity index (χ1) is 22.6. The predicted octanol–water partition coefficient (Wildman–Crippen LogP) is 7.68. The SMILES string of the molecule is O=C(CCC(=O)NC1CCC(CCN2[C@@H]3CC[C@H]2c2ccccc23)CC1)NC1CCC(CCN2[C@@H]3CC[C@H]2c2ccccc23)CC1. The Morgan fingerprint density at radius 1 is 0.500 bits per heavy atom. The molecule has 6 heteroatoms. The number of nitrogens with zero attached hydrogens (tertiary/aromatic N) is 2. The molecule has 2 saturated heterocycles. The van der Waals surface area contributed by atoms with Crippen LogP contribution >= 0.6 is 0 Å². The number of hydrogen-bond donors (Lipinski definition) is 2. The van der Waals surface area contributed by atoms with Crippen LogP contribution in [0.3, 0.4) is 0 Å². The van der Waals surface area contributed by atoms with Crippen LogP contribution in [0.2, 0.25) is 0 Å². The first-order valence-corrected chi connectivity index (χ1v) is 18.9. The second kappa shape index (κ2) is 13.4. The molecule has 2 aromatic carbocycles. The molecule has 46 heavy (non-hydrogen) atoms. The summed E-state index contributed by atoms with van der Waals surface area (Å²) in [6.07, 6.45) is 17.5. The Morgan fingerprint density at radius 2 is 0.826 bits per heavy atom. The first kappa shape index (κ1) is 30.6. The third kappa shape index (κ3) is 6.17. The summed E-state index contributed by atoms with van der Waals surface area (Å²) >= 11 is 0. The minimum Gasteiger partial charge on any atom is -0.353 e. The maximum absolute atomic E-state index is 12.7. The van der Waals surface area contributed by atoms with E-state index in [2.05, 4.69) is 69.0 Å². The van der Waals surface area contributed by atoms with Crippen molar-refractivity contribution < 1.29 is 9.59 Å². The van der Waals surface area contributed by atoms with Gasteiger partial charge in [-0.3, -0.25) is 19.4 Å². The van der Waals surface area contributed by atoms with Crippen molar-refractivity contribution >= 4 is 11.8 Å². The molecule has 2 aromatic rings. The van der Waals surface area contributed by atoms with Crippen LogP contribution in [0.5, 0.6) is 0 Å². The molecule has 4 fully saturated rings. The van der Waals surface area contributed by atoms with Crippen molar-refractivity contribution in [3.8, 4) is 0 Å². The molecule has 8 rings (SSSR count). The van der Waals surface area contributed by atoms with E-state index in [0.29, 0.717) is 37.0 Å². The summed E-state index contributed by atoms with van der Waals surface area (Å²) in [5.41, 5.74) is 6.31. The van der Waals surface area contributed by atoms with Gasteiger partial charge in [0.15, 0.2) is 0 Å². The molecule has 0 aromatic heterocycles. The van der Waals surface area contributed by atoms with Crippen molar-refractivity contribution in [2.45, 2.75) is 139 Å². The van der Waals surface area contributed by atoms with Gasteiger partial charge in [0.05, 0.1) is 0 Å². The highest BCUT2D eigenvalue weighted by molar-refractivity contribution is 5.84. The second-order valence-corrected chi connectivity index (χ2v) is 15.6. The number of rotatable bonds is 11. The Morgan fingerprint density at radius 3 is 1.15 bits per heavy atom. The summed E-state index contributed by atoms with van der Waals surface area (Å²) in [5.74, 6) is 1.63. The number of nitrogens with one attached hydrogen (secondary N) is 2. The lowest BCUT2D eigenvalue weighted by Crippen LogP contribution is -2.40. The molecule has 2 saturated carbocycles.